The molecule has 0 saturated carbocycles. The molecule has 4 nitrogen and oxygen atoms in total. The number of rotatable bonds is 2. The highest BCUT2D eigenvalue weighted by atomic mass is 16.1. The second-order valence-electron chi connectivity index (χ2n) is 4.27. The quantitative estimate of drug-likeness (QED) is 0.730. The molecule has 1 unspecified atom stereocenters. The van der Waals surface area contributed by atoms with Gasteiger partial charge in [-0.1, -0.05) is 12.1 Å². The van der Waals surface area contributed by atoms with Crippen molar-refractivity contribution >= 4 is 17.3 Å². The molecule has 0 aliphatic carbocycles. The number of para-hydroxylation sites is 1. The Hall–Kier alpha value is -1.71. The average molecular weight is 219 g/mol. The standard InChI is InChI=1S/C12H17N3O/c1-8-4-2-5-9(13)11(8)15-7-3-6-10(15)12(14)16/h2,4-5,10H,3,6-7,13H2,1H3,(H2,14,16). The molecule has 1 aromatic rings. The molecular formula is C12H17N3O. The SMILES string of the molecule is Cc1cccc(N)c1N1CCCC1C(N)=O. The van der Waals surface area contributed by atoms with Crippen molar-refractivity contribution in [3.05, 3.63) is 23.8 Å². The highest BCUT2D eigenvalue weighted by molar-refractivity contribution is 5.86. The minimum atomic E-state index is -0.264. The molecule has 86 valence electrons. The van der Waals surface area contributed by atoms with E-state index in [2.05, 4.69) is 0 Å². The zero-order valence-corrected chi connectivity index (χ0v) is 9.44. The fraction of sp³-hybridized carbons (Fsp3) is 0.417. The van der Waals surface area contributed by atoms with E-state index in [0.717, 1.165) is 30.6 Å². The first kappa shape index (κ1) is 10.8. The van der Waals surface area contributed by atoms with Crippen LogP contribution in [0.25, 0.3) is 0 Å². The van der Waals surface area contributed by atoms with Gasteiger partial charge in [-0.25, -0.2) is 0 Å². The van der Waals surface area contributed by atoms with E-state index in [-0.39, 0.29) is 11.9 Å². The van der Waals surface area contributed by atoms with Gasteiger partial charge < -0.3 is 16.4 Å². The summed E-state index contributed by atoms with van der Waals surface area (Å²) in [5.74, 6) is -0.264. The molecule has 1 aromatic carbocycles. The number of nitrogens with zero attached hydrogens (tertiary/aromatic N) is 1. The number of anilines is 2. The lowest BCUT2D eigenvalue weighted by molar-refractivity contribution is -0.119. The van der Waals surface area contributed by atoms with E-state index < -0.39 is 0 Å². The third-order valence-electron chi connectivity index (χ3n) is 3.14. The molecule has 2 rings (SSSR count). The van der Waals surface area contributed by atoms with Crippen molar-refractivity contribution in [3.63, 3.8) is 0 Å². The van der Waals surface area contributed by atoms with E-state index in [0.29, 0.717) is 5.69 Å². The maximum atomic E-state index is 11.3. The lowest BCUT2D eigenvalue weighted by atomic mass is 10.1. The Bertz CT molecular complexity index is 396. The molecule has 0 bridgehead atoms. The van der Waals surface area contributed by atoms with E-state index in [1.165, 1.54) is 0 Å². The predicted octanol–water partition coefficient (Wildman–Crippen LogP) is 1.03. The molecule has 1 aliphatic rings. The van der Waals surface area contributed by atoms with Gasteiger partial charge in [0.1, 0.15) is 6.04 Å². The van der Waals surface area contributed by atoms with Crippen molar-refractivity contribution in [3.8, 4) is 0 Å². The molecule has 1 aliphatic heterocycles. The number of amides is 1. The summed E-state index contributed by atoms with van der Waals surface area (Å²) in [6.45, 7) is 2.85. The number of hydrogen-bond acceptors (Lipinski definition) is 3. The zero-order valence-electron chi connectivity index (χ0n) is 9.44. The monoisotopic (exact) mass is 219 g/mol. The van der Waals surface area contributed by atoms with Crippen LogP contribution in [-0.2, 0) is 4.79 Å². The van der Waals surface area contributed by atoms with E-state index in [4.69, 9.17) is 11.5 Å². The van der Waals surface area contributed by atoms with Crippen molar-refractivity contribution in [2.75, 3.05) is 17.2 Å². The third kappa shape index (κ3) is 1.71. The average Bonchev–Trinajstić information content (AvgIpc) is 2.66. The maximum Gasteiger partial charge on any atom is 0.240 e. The van der Waals surface area contributed by atoms with E-state index in [1.54, 1.807) is 0 Å². The van der Waals surface area contributed by atoms with Crippen molar-refractivity contribution in [1.29, 1.82) is 0 Å². The van der Waals surface area contributed by atoms with E-state index >= 15 is 0 Å². The van der Waals surface area contributed by atoms with Crippen LogP contribution in [0, 0.1) is 6.92 Å². The summed E-state index contributed by atoms with van der Waals surface area (Å²) in [5, 5.41) is 0. The molecule has 1 atom stereocenters. The van der Waals surface area contributed by atoms with Crippen LogP contribution >= 0.6 is 0 Å². The lowest BCUT2D eigenvalue weighted by Gasteiger charge is -2.27. The summed E-state index contributed by atoms with van der Waals surface area (Å²) in [6, 6.07) is 5.58. The number of carbonyl (C=O) groups excluding carboxylic acids is 1. The number of hydrogen-bond donors (Lipinski definition) is 2. The first-order valence-electron chi connectivity index (χ1n) is 5.52. The topological polar surface area (TPSA) is 72.3 Å². The molecule has 1 amide bonds. The van der Waals surface area contributed by atoms with Crippen LogP contribution in [-0.4, -0.2) is 18.5 Å². The predicted molar refractivity (Wildman–Crippen MR) is 65.2 cm³/mol. The van der Waals surface area contributed by atoms with Crippen LogP contribution < -0.4 is 16.4 Å². The molecule has 0 spiro atoms. The summed E-state index contributed by atoms with van der Waals surface area (Å²) in [5.41, 5.74) is 14.1. The third-order valence-corrected chi connectivity index (χ3v) is 3.14. The van der Waals surface area contributed by atoms with Crippen LogP contribution in [0.1, 0.15) is 18.4 Å². The molecule has 4 N–H and O–H groups in total. The van der Waals surface area contributed by atoms with Gasteiger partial charge in [-0.15, -0.1) is 0 Å². The fourth-order valence-electron chi connectivity index (χ4n) is 2.40. The number of nitrogen functional groups attached to an aromatic ring is 1. The highest BCUT2D eigenvalue weighted by Gasteiger charge is 2.30. The first-order chi connectivity index (χ1) is 7.61. The Balaban J connectivity index is 2.40. The van der Waals surface area contributed by atoms with Gasteiger partial charge >= 0.3 is 0 Å². The Morgan fingerprint density at radius 1 is 1.50 bits per heavy atom. The number of primary amides is 1. The van der Waals surface area contributed by atoms with Gasteiger partial charge in [0, 0.05) is 6.54 Å². The minimum absolute atomic E-state index is 0.205. The summed E-state index contributed by atoms with van der Waals surface area (Å²) < 4.78 is 0. The van der Waals surface area contributed by atoms with E-state index in [1.807, 2.05) is 30.0 Å². The van der Waals surface area contributed by atoms with Gasteiger partial charge in [0.2, 0.25) is 5.91 Å². The van der Waals surface area contributed by atoms with Crippen molar-refractivity contribution in [2.45, 2.75) is 25.8 Å². The summed E-state index contributed by atoms with van der Waals surface area (Å²) in [7, 11) is 0. The number of aryl methyl sites for hydroxylation is 1. The van der Waals surface area contributed by atoms with Gasteiger partial charge in [-0.05, 0) is 31.4 Å². The molecule has 4 heteroatoms. The Morgan fingerprint density at radius 3 is 2.88 bits per heavy atom. The van der Waals surface area contributed by atoms with Gasteiger partial charge in [0.05, 0.1) is 11.4 Å². The Labute approximate surface area is 95.2 Å². The van der Waals surface area contributed by atoms with Crippen LogP contribution in [0.4, 0.5) is 11.4 Å². The Morgan fingerprint density at radius 2 is 2.25 bits per heavy atom. The zero-order chi connectivity index (χ0) is 11.7. The molecule has 1 heterocycles. The summed E-state index contributed by atoms with van der Waals surface area (Å²) in [6.07, 6.45) is 1.81. The second kappa shape index (κ2) is 4.04. The molecule has 0 aromatic heterocycles. The van der Waals surface area contributed by atoms with Crippen molar-refractivity contribution < 1.29 is 4.79 Å². The van der Waals surface area contributed by atoms with Crippen LogP contribution in [0.15, 0.2) is 18.2 Å². The molecule has 1 fully saturated rings. The smallest absolute Gasteiger partial charge is 0.240 e. The Kier molecular flexibility index (Phi) is 2.73. The molecule has 16 heavy (non-hydrogen) atoms. The highest BCUT2D eigenvalue weighted by Crippen LogP contribution is 2.33. The second-order valence-corrected chi connectivity index (χ2v) is 4.27. The maximum absolute atomic E-state index is 11.3. The van der Waals surface area contributed by atoms with Gasteiger partial charge in [0.25, 0.3) is 0 Å². The van der Waals surface area contributed by atoms with Crippen molar-refractivity contribution in [2.24, 2.45) is 5.73 Å². The fourth-order valence-corrected chi connectivity index (χ4v) is 2.40. The van der Waals surface area contributed by atoms with Crippen LogP contribution in [0.2, 0.25) is 0 Å². The van der Waals surface area contributed by atoms with Crippen molar-refractivity contribution in [1.82, 2.24) is 0 Å². The minimum Gasteiger partial charge on any atom is -0.397 e. The van der Waals surface area contributed by atoms with Gasteiger partial charge in [0.15, 0.2) is 0 Å². The number of nitrogens with two attached hydrogens (primary N) is 2. The van der Waals surface area contributed by atoms with Gasteiger partial charge in [-0.3, -0.25) is 4.79 Å². The van der Waals surface area contributed by atoms with Crippen LogP contribution in [0.5, 0.6) is 0 Å². The largest absolute Gasteiger partial charge is 0.397 e. The van der Waals surface area contributed by atoms with Gasteiger partial charge in [-0.2, -0.15) is 0 Å². The molecule has 0 radical (unpaired) electrons. The van der Waals surface area contributed by atoms with Crippen LogP contribution in [0.3, 0.4) is 0 Å². The normalized spacial score (nSPS) is 20.1. The summed E-state index contributed by atoms with van der Waals surface area (Å²) in [4.78, 5) is 13.4. The summed E-state index contributed by atoms with van der Waals surface area (Å²) >= 11 is 0. The molecular weight excluding hydrogens is 202 g/mol. The van der Waals surface area contributed by atoms with E-state index in [9.17, 15) is 4.79 Å². The lowest BCUT2D eigenvalue weighted by Crippen LogP contribution is -2.40. The molecule has 1 saturated heterocycles. The first-order valence-corrected chi connectivity index (χ1v) is 5.52. The number of carbonyl (C=O) groups is 1. The number of benzene rings is 1.